The van der Waals surface area contributed by atoms with Crippen molar-refractivity contribution in [3.8, 4) is 5.75 Å². The van der Waals surface area contributed by atoms with Crippen LogP contribution >= 0.6 is 0 Å². The lowest BCUT2D eigenvalue weighted by Gasteiger charge is -2.30. The van der Waals surface area contributed by atoms with Crippen LogP contribution < -0.4 is 25.5 Å². The molecule has 0 bridgehead atoms. The molecule has 316 valence electrons. The number of amides is 4. The summed E-state index contributed by atoms with van der Waals surface area (Å²) in [4.78, 5) is 54.6. The predicted molar refractivity (Wildman–Crippen MR) is 226 cm³/mol. The lowest BCUT2D eigenvalue weighted by Crippen LogP contribution is -2.53. The number of aliphatic hydroxyl groups excluding tert-OH is 1. The van der Waals surface area contributed by atoms with Crippen LogP contribution in [0.15, 0.2) is 109 Å². The van der Waals surface area contributed by atoms with Crippen molar-refractivity contribution in [1.82, 2.24) is 21.3 Å². The molecule has 13 nitrogen and oxygen atoms in total. The van der Waals surface area contributed by atoms with Crippen molar-refractivity contribution in [2.45, 2.75) is 78.4 Å². The third-order valence-electron chi connectivity index (χ3n) is 9.71. The molecule has 0 heterocycles. The minimum absolute atomic E-state index is 0.0411. The molecular weight excluding hydrogens is 773 g/mol. The average molecular weight is 829 g/mol. The van der Waals surface area contributed by atoms with E-state index in [1.807, 2.05) is 119 Å². The van der Waals surface area contributed by atoms with Crippen molar-refractivity contribution in [2.24, 2.45) is 17.8 Å². The van der Waals surface area contributed by atoms with E-state index in [1.165, 1.54) is 18.2 Å². The van der Waals surface area contributed by atoms with Gasteiger partial charge in [-0.3, -0.25) is 19.2 Å². The summed E-state index contributed by atoms with van der Waals surface area (Å²) in [5, 5.41) is 23.2. The predicted octanol–water partition coefficient (Wildman–Crippen LogP) is 5.31. The van der Waals surface area contributed by atoms with E-state index >= 15 is 0 Å². The van der Waals surface area contributed by atoms with Crippen molar-refractivity contribution >= 4 is 33.7 Å². The summed E-state index contributed by atoms with van der Waals surface area (Å²) in [5.74, 6) is -3.71. The smallest absolute Gasteiger partial charge is 0.306 e. The van der Waals surface area contributed by atoms with Crippen LogP contribution in [0.1, 0.15) is 84.5 Å². The molecule has 4 aromatic carbocycles. The second-order valence-electron chi connectivity index (χ2n) is 15.3. The fraction of sp³-hybridized carbons (Fsp3) is 0.378. The van der Waals surface area contributed by atoms with Gasteiger partial charge in [-0.15, -0.1) is 0 Å². The van der Waals surface area contributed by atoms with Gasteiger partial charge in [0.05, 0.1) is 37.7 Å². The number of hydrogen-bond donors (Lipinski definition) is 5. The molecule has 0 radical (unpaired) electrons. The van der Waals surface area contributed by atoms with Gasteiger partial charge in [0.15, 0.2) is 0 Å². The Morgan fingerprint density at radius 3 is 1.76 bits per heavy atom. The van der Waals surface area contributed by atoms with Gasteiger partial charge in [-0.1, -0.05) is 119 Å². The van der Waals surface area contributed by atoms with Gasteiger partial charge >= 0.3 is 10.1 Å². The van der Waals surface area contributed by atoms with Crippen LogP contribution in [0, 0.1) is 17.8 Å². The molecule has 0 saturated carbocycles. The van der Waals surface area contributed by atoms with Crippen molar-refractivity contribution < 1.29 is 41.6 Å². The molecule has 4 aromatic rings. The van der Waals surface area contributed by atoms with Crippen LogP contribution in [-0.4, -0.2) is 68.2 Å². The molecule has 0 aromatic heterocycles. The second-order valence-corrected chi connectivity index (χ2v) is 16.9. The van der Waals surface area contributed by atoms with E-state index in [0.717, 1.165) is 22.9 Å². The van der Waals surface area contributed by atoms with E-state index in [0.29, 0.717) is 0 Å². The molecule has 4 amide bonds. The molecule has 5 atom stereocenters. The Kier molecular flexibility index (Phi) is 17.2. The third-order valence-corrected chi connectivity index (χ3v) is 10.2. The van der Waals surface area contributed by atoms with E-state index in [9.17, 15) is 32.7 Å². The molecule has 0 unspecified atom stereocenters. The summed E-state index contributed by atoms with van der Waals surface area (Å²) in [6.45, 7) is 9.37. The van der Waals surface area contributed by atoms with Crippen LogP contribution in [0.3, 0.4) is 0 Å². The number of nitrogens with one attached hydrogen (secondary N) is 4. The maximum atomic E-state index is 14.0. The van der Waals surface area contributed by atoms with Gasteiger partial charge in [-0.2, -0.15) is 8.42 Å². The van der Waals surface area contributed by atoms with Crippen molar-refractivity contribution in [3.63, 3.8) is 0 Å². The minimum atomic E-state index is -4.06. The van der Waals surface area contributed by atoms with Gasteiger partial charge in [0.2, 0.25) is 11.8 Å². The monoisotopic (exact) mass is 828 g/mol. The Morgan fingerprint density at radius 1 is 0.678 bits per heavy atom. The summed E-state index contributed by atoms with van der Waals surface area (Å²) < 4.78 is 35.4. The summed E-state index contributed by atoms with van der Waals surface area (Å²) in [6, 6.07) is 29.3. The van der Waals surface area contributed by atoms with E-state index in [2.05, 4.69) is 21.3 Å². The highest BCUT2D eigenvalue weighted by atomic mass is 32.2. The minimum Gasteiger partial charge on any atom is -0.391 e. The normalized spacial score (nSPS) is 14.1. The van der Waals surface area contributed by atoms with Crippen molar-refractivity contribution in [2.75, 3.05) is 12.9 Å². The van der Waals surface area contributed by atoms with Gasteiger partial charge in [-0.05, 0) is 60.1 Å². The zero-order valence-corrected chi connectivity index (χ0v) is 35.2. The zero-order chi connectivity index (χ0) is 43.1. The van der Waals surface area contributed by atoms with Gasteiger partial charge in [0.25, 0.3) is 11.8 Å². The molecule has 0 fully saturated rings. The number of carbonyl (C=O) groups is 4. The Labute approximate surface area is 347 Å². The Morgan fingerprint density at radius 2 is 1.22 bits per heavy atom. The first kappa shape index (κ1) is 46.1. The maximum absolute atomic E-state index is 14.0. The third kappa shape index (κ3) is 15.0. The standard InChI is InChI=1S/C45H56N4O9S/c1-29(2)38(44(53)49-41(30(3)4)45(54)46-26-32-16-10-7-11-17-32)25-40(50)39(28-57-27-33-18-12-8-13-19-33)48-43(52)36-22-35(23-37(24-36)58-59(6,55)56)42(51)47-31(5)34-20-14-9-15-21-34/h7-24,29-31,38-41,50H,25-28H2,1-6H3,(H,46,54)(H,47,51)(H,48,52)(H,49,53)/t31-,38+,39+,40+,41+/m1/s1. The van der Waals surface area contributed by atoms with Gasteiger partial charge in [0, 0.05) is 23.6 Å². The molecule has 14 heteroatoms. The highest BCUT2D eigenvalue weighted by Gasteiger charge is 2.34. The molecule has 0 aliphatic rings. The molecule has 0 aliphatic heterocycles. The fourth-order valence-corrected chi connectivity index (χ4v) is 6.81. The van der Waals surface area contributed by atoms with Crippen molar-refractivity contribution in [3.05, 3.63) is 137 Å². The van der Waals surface area contributed by atoms with E-state index in [1.54, 1.807) is 6.92 Å². The molecule has 0 saturated heterocycles. The van der Waals surface area contributed by atoms with Crippen molar-refractivity contribution in [1.29, 1.82) is 0 Å². The summed E-state index contributed by atoms with van der Waals surface area (Å²) in [5.41, 5.74) is 2.42. The SMILES string of the molecule is CC(C)[C@H](C[C@H](O)[C@H](COCc1ccccc1)NC(=O)c1cc(OS(C)(=O)=O)cc(C(=O)N[C@H](C)c2ccccc2)c1)C(=O)N[C@H](C(=O)NCc1ccccc1)C(C)C. The Bertz CT molecular complexity index is 2100. The number of aliphatic hydroxyl groups is 1. The maximum Gasteiger partial charge on any atom is 0.306 e. The van der Waals surface area contributed by atoms with E-state index in [4.69, 9.17) is 8.92 Å². The number of ether oxygens (including phenoxy) is 1. The summed E-state index contributed by atoms with van der Waals surface area (Å²) in [6.07, 6.45) is -0.598. The molecule has 0 spiro atoms. The van der Waals surface area contributed by atoms with Gasteiger partial charge in [-0.25, -0.2) is 0 Å². The molecule has 5 N–H and O–H groups in total. The quantitative estimate of drug-likeness (QED) is 0.0694. The van der Waals surface area contributed by atoms with Crippen LogP contribution in [-0.2, 0) is 37.6 Å². The number of rotatable bonds is 21. The fourth-order valence-electron chi connectivity index (χ4n) is 6.36. The molecular formula is C45H56N4O9S. The first-order valence-corrected chi connectivity index (χ1v) is 21.4. The Hall–Kier alpha value is -5.57. The summed E-state index contributed by atoms with van der Waals surface area (Å²) in [7, 11) is -4.06. The van der Waals surface area contributed by atoms with Crippen LogP contribution in [0.25, 0.3) is 0 Å². The van der Waals surface area contributed by atoms with E-state index < -0.39 is 58.0 Å². The average Bonchev–Trinajstić information content (AvgIpc) is 3.20. The largest absolute Gasteiger partial charge is 0.391 e. The van der Waals surface area contributed by atoms with E-state index in [-0.39, 0.29) is 60.8 Å². The second kappa shape index (κ2) is 22.0. The first-order valence-electron chi connectivity index (χ1n) is 19.6. The number of hydrogen-bond acceptors (Lipinski definition) is 9. The number of benzene rings is 4. The summed E-state index contributed by atoms with van der Waals surface area (Å²) >= 11 is 0. The Balaban J connectivity index is 1.56. The van der Waals surface area contributed by atoms with Gasteiger partial charge < -0.3 is 35.3 Å². The highest BCUT2D eigenvalue weighted by molar-refractivity contribution is 7.86. The van der Waals surface area contributed by atoms with Crippen LogP contribution in [0.2, 0.25) is 0 Å². The first-order chi connectivity index (χ1) is 28.0. The molecule has 59 heavy (non-hydrogen) atoms. The van der Waals surface area contributed by atoms with Gasteiger partial charge in [0.1, 0.15) is 11.8 Å². The van der Waals surface area contributed by atoms with Crippen LogP contribution in [0.5, 0.6) is 5.75 Å². The van der Waals surface area contributed by atoms with Crippen LogP contribution in [0.4, 0.5) is 0 Å². The lowest BCUT2D eigenvalue weighted by molar-refractivity contribution is -0.134. The number of carbonyl (C=O) groups excluding carboxylic acids is 4. The lowest BCUT2D eigenvalue weighted by atomic mass is 9.86. The topological polar surface area (TPSA) is 189 Å². The zero-order valence-electron chi connectivity index (χ0n) is 34.4. The highest BCUT2D eigenvalue weighted by Crippen LogP contribution is 2.23. The molecule has 0 aliphatic carbocycles. The molecule has 4 rings (SSSR count).